The fourth-order valence-corrected chi connectivity index (χ4v) is 2.55. The first-order chi connectivity index (χ1) is 7.86. The molecule has 0 atom stereocenters. The summed E-state index contributed by atoms with van der Waals surface area (Å²) in [7, 11) is 0. The van der Waals surface area contributed by atoms with Crippen LogP contribution in [0, 0.1) is 11.9 Å². The van der Waals surface area contributed by atoms with E-state index in [1.54, 1.807) is 6.07 Å². The Morgan fingerprint density at radius 2 is 2.12 bits per heavy atom. The van der Waals surface area contributed by atoms with Crippen molar-refractivity contribution in [3.05, 3.63) is 35.6 Å². The molecule has 0 spiro atoms. The molecule has 5 heteroatoms. The van der Waals surface area contributed by atoms with Crippen molar-refractivity contribution in [1.82, 2.24) is 4.90 Å². The van der Waals surface area contributed by atoms with Crippen LogP contribution in [0.5, 0.6) is 0 Å². The summed E-state index contributed by atoms with van der Waals surface area (Å²) in [6.45, 7) is 2.88. The number of rotatable bonds is 2. The molecule has 2 rings (SSSR count). The van der Waals surface area contributed by atoms with E-state index in [-0.39, 0.29) is 5.82 Å². The summed E-state index contributed by atoms with van der Waals surface area (Å²) in [5.74, 6) is 2.20. The molecule has 0 saturated carbocycles. The van der Waals surface area contributed by atoms with Crippen molar-refractivity contribution >= 4 is 25.4 Å². The van der Waals surface area contributed by atoms with Crippen molar-refractivity contribution in [3.63, 3.8) is 0 Å². The van der Waals surface area contributed by atoms with Crippen LogP contribution in [0.4, 0.5) is 4.39 Å². The first kappa shape index (κ1) is 14.6. The van der Waals surface area contributed by atoms with Crippen molar-refractivity contribution < 1.29 is 20.7 Å². The van der Waals surface area contributed by atoms with Crippen LogP contribution in [-0.2, 0) is 22.9 Å². The third-order valence-corrected chi connectivity index (χ3v) is 3.34. The van der Waals surface area contributed by atoms with Gasteiger partial charge in [0.25, 0.3) is 0 Å². The Hall–Kier alpha value is 0.563. The molecular weight excluding hydrogens is 342 g/mol. The maximum absolute atomic E-state index is 13.3. The Kier molecular flexibility index (Phi) is 7.88. The van der Waals surface area contributed by atoms with E-state index < -0.39 is 0 Å². The number of hydrogen-bond acceptors (Lipinski definition) is 2. The monoisotopic (exact) mass is 353 g/mol. The van der Waals surface area contributed by atoms with Gasteiger partial charge in [0.1, 0.15) is 0 Å². The van der Waals surface area contributed by atoms with E-state index in [0.29, 0.717) is 0 Å². The van der Waals surface area contributed by atoms with Crippen molar-refractivity contribution in [1.29, 1.82) is 0 Å². The van der Waals surface area contributed by atoms with Gasteiger partial charge in [-0.25, -0.2) is 0 Å². The SMILES string of the molecule is Fc1c[c-]ccc1CN1CCSCC1.[Zn+][Br]. The fourth-order valence-electron chi connectivity index (χ4n) is 1.57. The summed E-state index contributed by atoms with van der Waals surface area (Å²) < 4.78 is 13.3. The number of hydrogen-bond donors (Lipinski definition) is 0. The van der Waals surface area contributed by atoms with E-state index in [2.05, 4.69) is 24.6 Å². The second-order valence-corrected chi connectivity index (χ2v) is 4.63. The molecule has 16 heavy (non-hydrogen) atoms. The van der Waals surface area contributed by atoms with Gasteiger partial charge in [-0.1, -0.05) is 0 Å². The Bertz CT molecular complexity index is 308. The molecule has 1 saturated heterocycles. The van der Waals surface area contributed by atoms with E-state index in [9.17, 15) is 4.39 Å². The van der Waals surface area contributed by atoms with Gasteiger partial charge in [-0.15, -0.1) is 11.6 Å². The molecule has 1 fully saturated rings. The number of nitrogens with zero attached hydrogens (tertiary/aromatic N) is 1. The van der Waals surface area contributed by atoms with Crippen LogP contribution in [0.15, 0.2) is 18.2 Å². The molecule has 0 N–H and O–H groups in total. The standard InChI is InChI=1S/C11H13FNS.BrH.Zn/c12-11-4-2-1-3-10(11)9-13-5-7-14-8-6-13;;/h1,3-4H,5-9H2;1H;/q-1;;+2/p-1. The Morgan fingerprint density at radius 1 is 1.44 bits per heavy atom. The van der Waals surface area contributed by atoms with Crippen LogP contribution in [0.1, 0.15) is 5.56 Å². The summed E-state index contributed by atoms with van der Waals surface area (Å²) in [5, 5.41) is 0. The summed E-state index contributed by atoms with van der Waals surface area (Å²) in [6.07, 6.45) is 0. The molecule has 0 radical (unpaired) electrons. The van der Waals surface area contributed by atoms with Crippen LogP contribution in [0.25, 0.3) is 0 Å². The predicted octanol–water partition coefficient (Wildman–Crippen LogP) is 3.02. The summed E-state index contributed by atoms with van der Waals surface area (Å²) in [4.78, 5) is 2.30. The summed E-state index contributed by atoms with van der Waals surface area (Å²) in [6, 6.07) is 7.74. The van der Waals surface area contributed by atoms with Gasteiger partial charge in [0.05, 0.1) is 0 Å². The molecule has 1 aromatic carbocycles. The van der Waals surface area contributed by atoms with E-state index in [4.69, 9.17) is 0 Å². The van der Waals surface area contributed by atoms with E-state index in [0.717, 1.165) is 25.2 Å². The molecule has 0 amide bonds. The first-order valence-electron chi connectivity index (χ1n) is 5.07. The fraction of sp³-hybridized carbons (Fsp3) is 0.455. The summed E-state index contributed by atoms with van der Waals surface area (Å²) in [5.41, 5.74) is 0.788. The van der Waals surface area contributed by atoms with Crippen LogP contribution in [0.3, 0.4) is 0 Å². The van der Waals surface area contributed by atoms with Crippen LogP contribution < -0.4 is 0 Å². The molecule has 1 nitrogen and oxygen atoms in total. The Labute approximate surface area is 117 Å². The average molecular weight is 356 g/mol. The molecule has 0 aliphatic carbocycles. The van der Waals surface area contributed by atoms with E-state index in [1.165, 1.54) is 33.9 Å². The van der Waals surface area contributed by atoms with Gasteiger partial charge >= 0.3 is 30.0 Å². The van der Waals surface area contributed by atoms with Gasteiger partial charge in [0.15, 0.2) is 0 Å². The van der Waals surface area contributed by atoms with Gasteiger partial charge in [-0.2, -0.15) is 30.0 Å². The van der Waals surface area contributed by atoms with Crippen molar-refractivity contribution in [2.24, 2.45) is 0 Å². The molecule has 1 aromatic rings. The van der Waals surface area contributed by atoms with Gasteiger partial charge in [-0.3, -0.25) is 9.29 Å². The topological polar surface area (TPSA) is 3.24 Å². The zero-order chi connectivity index (χ0) is 11.8. The molecule has 1 aliphatic heterocycles. The number of halogens is 2. The quantitative estimate of drug-likeness (QED) is 0.593. The molecular formula is C11H13BrFNSZn. The average Bonchev–Trinajstić information content (AvgIpc) is 2.36. The van der Waals surface area contributed by atoms with Crippen molar-refractivity contribution in [2.75, 3.05) is 24.6 Å². The third kappa shape index (κ3) is 4.83. The number of thioether (sulfide) groups is 1. The predicted molar refractivity (Wildman–Crippen MR) is 66.8 cm³/mol. The van der Waals surface area contributed by atoms with Gasteiger partial charge in [0, 0.05) is 37.0 Å². The summed E-state index contributed by atoms with van der Waals surface area (Å²) >= 11 is 6.22. The van der Waals surface area contributed by atoms with Crippen LogP contribution in [-0.4, -0.2) is 29.5 Å². The third-order valence-electron chi connectivity index (χ3n) is 2.40. The zero-order valence-corrected chi connectivity index (χ0v) is 14.5. The van der Waals surface area contributed by atoms with E-state index in [1.807, 2.05) is 17.8 Å². The second-order valence-electron chi connectivity index (χ2n) is 3.41. The Balaban J connectivity index is 0.000000606. The van der Waals surface area contributed by atoms with Gasteiger partial charge < -0.3 is 0 Å². The molecule has 0 bridgehead atoms. The Morgan fingerprint density at radius 3 is 2.75 bits per heavy atom. The first-order valence-corrected chi connectivity index (χ1v) is 13.2. The second kappa shape index (κ2) is 8.62. The number of benzene rings is 1. The van der Waals surface area contributed by atoms with Crippen LogP contribution >= 0.6 is 25.4 Å². The van der Waals surface area contributed by atoms with Gasteiger partial charge in [-0.05, 0) is 0 Å². The zero-order valence-electron chi connectivity index (χ0n) is 9.09. The molecule has 0 aromatic heterocycles. The molecule has 84 valence electrons. The van der Waals surface area contributed by atoms with Crippen molar-refractivity contribution in [2.45, 2.75) is 6.54 Å². The molecule has 1 heterocycles. The van der Waals surface area contributed by atoms with Crippen molar-refractivity contribution in [3.8, 4) is 0 Å². The van der Waals surface area contributed by atoms with Crippen LogP contribution in [0.2, 0.25) is 0 Å². The molecule has 0 unspecified atom stereocenters. The minimum absolute atomic E-state index is 0.134. The molecule has 1 aliphatic rings. The minimum atomic E-state index is -0.134. The van der Waals surface area contributed by atoms with E-state index >= 15 is 0 Å². The maximum atomic E-state index is 13.3. The normalized spacial score (nSPS) is 16.5. The van der Waals surface area contributed by atoms with Gasteiger partial charge in [0.2, 0.25) is 0 Å².